The smallest absolute Gasteiger partial charge is 0.305 e. The molecule has 1 heterocycles. The van der Waals surface area contributed by atoms with E-state index in [1.807, 2.05) is 0 Å². The maximum absolute atomic E-state index is 10.9. The second kappa shape index (κ2) is 5.15. The van der Waals surface area contributed by atoms with Crippen LogP contribution < -0.4 is 10.6 Å². The van der Waals surface area contributed by atoms with E-state index in [0.717, 1.165) is 32.4 Å². The number of carboxylic acid groups (broad SMARTS) is 1. The fourth-order valence-electron chi connectivity index (χ4n) is 2.55. The van der Waals surface area contributed by atoms with Gasteiger partial charge in [-0.25, -0.2) is 0 Å². The van der Waals surface area contributed by atoms with Crippen LogP contribution in [0.15, 0.2) is 0 Å². The number of hydrogen-bond acceptors (Lipinski definition) is 3. The predicted octanol–water partition coefficient (Wildman–Crippen LogP) is 1.36. The molecule has 1 fully saturated rings. The molecule has 16 heavy (non-hydrogen) atoms. The quantitative estimate of drug-likeness (QED) is 0.616. The summed E-state index contributed by atoms with van der Waals surface area (Å²) in [6.45, 7) is 8.03. The minimum absolute atomic E-state index is 0.0948. The van der Waals surface area contributed by atoms with Crippen LogP contribution in [0.3, 0.4) is 0 Å². The standard InChI is InChI=1S/C12H24N2O2/c1-4-11(5-2,6-3)14-12(7-10(15)16)8-13-9-12/h13-14H,4-9H2,1-3H3,(H,15,16). The summed E-state index contributed by atoms with van der Waals surface area (Å²) < 4.78 is 0. The highest BCUT2D eigenvalue weighted by Crippen LogP contribution is 2.27. The summed E-state index contributed by atoms with van der Waals surface area (Å²) in [6, 6.07) is 0. The fourth-order valence-corrected chi connectivity index (χ4v) is 2.55. The predicted molar refractivity (Wildman–Crippen MR) is 64.6 cm³/mol. The minimum Gasteiger partial charge on any atom is -0.481 e. The SMILES string of the molecule is CCC(CC)(CC)NC1(CC(=O)O)CNC1. The van der Waals surface area contributed by atoms with Crippen molar-refractivity contribution in [2.45, 2.75) is 57.5 Å². The molecule has 1 saturated heterocycles. The van der Waals surface area contributed by atoms with Crippen molar-refractivity contribution in [2.24, 2.45) is 0 Å². The number of carbonyl (C=O) groups is 1. The van der Waals surface area contributed by atoms with Gasteiger partial charge in [-0.15, -0.1) is 0 Å². The maximum Gasteiger partial charge on any atom is 0.305 e. The Hall–Kier alpha value is -0.610. The Morgan fingerprint density at radius 2 is 1.81 bits per heavy atom. The molecule has 0 aliphatic carbocycles. The van der Waals surface area contributed by atoms with Gasteiger partial charge in [0.25, 0.3) is 0 Å². The van der Waals surface area contributed by atoms with E-state index in [9.17, 15) is 4.79 Å². The highest BCUT2D eigenvalue weighted by atomic mass is 16.4. The lowest BCUT2D eigenvalue weighted by Gasteiger charge is -2.49. The molecule has 0 bridgehead atoms. The third-order valence-electron chi connectivity index (χ3n) is 3.98. The summed E-state index contributed by atoms with van der Waals surface area (Å²) in [7, 11) is 0. The van der Waals surface area contributed by atoms with E-state index >= 15 is 0 Å². The Kier molecular flexibility index (Phi) is 4.33. The van der Waals surface area contributed by atoms with Gasteiger partial charge >= 0.3 is 5.97 Å². The largest absolute Gasteiger partial charge is 0.481 e. The Morgan fingerprint density at radius 1 is 1.31 bits per heavy atom. The molecule has 4 heteroatoms. The van der Waals surface area contributed by atoms with Crippen LogP contribution in [-0.4, -0.2) is 35.2 Å². The Balaban J connectivity index is 2.70. The van der Waals surface area contributed by atoms with Crippen molar-refractivity contribution in [3.63, 3.8) is 0 Å². The van der Waals surface area contributed by atoms with E-state index in [2.05, 4.69) is 31.4 Å². The second-order valence-electron chi connectivity index (χ2n) is 4.92. The number of nitrogens with one attached hydrogen (secondary N) is 2. The van der Waals surface area contributed by atoms with Crippen molar-refractivity contribution < 1.29 is 9.90 Å². The zero-order valence-corrected chi connectivity index (χ0v) is 10.6. The number of rotatable bonds is 7. The molecule has 0 radical (unpaired) electrons. The molecule has 0 atom stereocenters. The molecule has 0 aromatic carbocycles. The molecule has 0 saturated carbocycles. The van der Waals surface area contributed by atoms with Gasteiger partial charge < -0.3 is 15.7 Å². The highest BCUT2D eigenvalue weighted by molar-refractivity contribution is 5.69. The Labute approximate surface area is 97.8 Å². The van der Waals surface area contributed by atoms with Crippen LogP contribution in [0, 0.1) is 0 Å². The molecule has 0 aromatic rings. The topological polar surface area (TPSA) is 61.4 Å². The van der Waals surface area contributed by atoms with E-state index in [-0.39, 0.29) is 17.5 Å². The highest BCUT2D eigenvalue weighted by Gasteiger charge is 2.43. The van der Waals surface area contributed by atoms with Crippen molar-refractivity contribution in [1.82, 2.24) is 10.6 Å². The summed E-state index contributed by atoms with van der Waals surface area (Å²) in [5.74, 6) is -0.716. The first-order chi connectivity index (χ1) is 7.51. The average molecular weight is 228 g/mol. The van der Waals surface area contributed by atoms with Crippen LogP contribution in [0.25, 0.3) is 0 Å². The van der Waals surface area contributed by atoms with E-state index in [1.165, 1.54) is 0 Å². The molecule has 3 N–H and O–H groups in total. The Bertz CT molecular complexity index is 237. The summed E-state index contributed by atoms with van der Waals surface area (Å²) in [5, 5.41) is 15.8. The van der Waals surface area contributed by atoms with Gasteiger partial charge in [-0.05, 0) is 19.3 Å². The zero-order valence-electron chi connectivity index (χ0n) is 10.6. The third kappa shape index (κ3) is 2.74. The van der Waals surface area contributed by atoms with Crippen LogP contribution in [0.4, 0.5) is 0 Å². The van der Waals surface area contributed by atoms with Gasteiger partial charge in [0.05, 0.1) is 12.0 Å². The van der Waals surface area contributed by atoms with Gasteiger partial charge in [-0.2, -0.15) is 0 Å². The molecule has 1 rings (SSSR count). The van der Waals surface area contributed by atoms with Gasteiger partial charge in [0.15, 0.2) is 0 Å². The molecule has 0 aromatic heterocycles. The maximum atomic E-state index is 10.9. The van der Waals surface area contributed by atoms with Crippen LogP contribution in [0.1, 0.15) is 46.5 Å². The van der Waals surface area contributed by atoms with Crippen LogP contribution >= 0.6 is 0 Å². The summed E-state index contributed by atoms with van der Waals surface area (Å²) in [4.78, 5) is 10.9. The molecular formula is C12H24N2O2. The number of carboxylic acids is 1. The summed E-state index contributed by atoms with van der Waals surface area (Å²) >= 11 is 0. The molecular weight excluding hydrogens is 204 g/mol. The van der Waals surface area contributed by atoms with E-state index < -0.39 is 5.97 Å². The Morgan fingerprint density at radius 3 is 2.06 bits per heavy atom. The monoisotopic (exact) mass is 228 g/mol. The van der Waals surface area contributed by atoms with Crippen LogP contribution in [-0.2, 0) is 4.79 Å². The number of aliphatic carboxylic acids is 1. The van der Waals surface area contributed by atoms with Gasteiger partial charge in [-0.3, -0.25) is 4.79 Å². The van der Waals surface area contributed by atoms with Crippen molar-refractivity contribution in [2.75, 3.05) is 13.1 Å². The molecule has 0 amide bonds. The van der Waals surface area contributed by atoms with E-state index in [4.69, 9.17) is 5.11 Å². The lowest BCUT2D eigenvalue weighted by molar-refractivity contribution is -0.139. The van der Waals surface area contributed by atoms with E-state index in [0.29, 0.717) is 0 Å². The molecule has 4 nitrogen and oxygen atoms in total. The van der Waals surface area contributed by atoms with Gasteiger partial charge in [0, 0.05) is 18.6 Å². The lowest BCUT2D eigenvalue weighted by Crippen LogP contribution is -2.73. The first-order valence-corrected chi connectivity index (χ1v) is 6.23. The van der Waals surface area contributed by atoms with Gasteiger partial charge in [0.1, 0.15) is 0 Å². The fraction of sp³-hybridized carbons (Fsp3) is 0.917. The third-order valence-corrected chi connectivity index (χ3v) is 3.98. The first-order valence-electron chi connectivity index (χ1n) is 6.23. The molecule has 0 unspecified atom stereocenters. The van der Waals surface area contributed by atoms with Crippen molar-refractivity contribution in [1.29, 1.82) is 0 Å². The normalized spacial score (nSPS) is 19.2. The molecule has 94 valence electrons. The lowest BCUT2D eigenvalue weighted by atomic mass is 9.81. The zero-order chi connectivity index (χ0) is 12.2. The first kappa shape index (κ1) is 13.5. The molecule has 0 spiro atoms. The molecule has 1 aliphatic heterocycles. The van der Waals surface area contributed by atoms with Gasteiger partial charge in [0.2, 0.25) is 0 Å². The van der Waals surface area contributed by atoms with E-state index in [1.54, 1.807) is 0 Å². The van der Waals surface area contributed by atoms with Crippen LogP contribution in [0.5, 0.6) is 0 Å². The van der Waals surface area contributed by atoms with Gasteiger partial charge in [-0.1, -0.05) is 20.8 Å². The van der Waals surface area contributed by atoms with Crippen LogP contribution in [0.2, 0.25) is 0 Å². The summed E-state index contributed by atoms with van der Waals surface area (Å²) in [6.07, 6.45) is 3.34. The average Bonchev–Trinajstić information content (AvgIpc) is 2.22. The minimum atomic E-state index is -0.716. The number of hydrogen-bond donors (Lipinski definition) is 3. The van der Waals surface area contributed by atoms with Crippen molar-refractivity contribution >= 4 is 5.97 Å². The second-order valence-corrected chi connectivity index (χ2v) is 4.92. The van der Waals surface area contributed by atoms with Crippen molar-refractivity contribution in [3.05, 3.63) is 0 Å². The molecule has 1 aliphatic rings. The van der Waals surface area contributed by atoms with Crippen molar-refractivity contribution in [3.8, 4) is 0 Å². The summed E-state index contributed by atoms with van der Waals surface area (Å²) in [5.41, 5.74) is -0.134.